The van der Waals surface area contributed by atoms with Crippen LogP contribution in [0.15, 0.2) is 18.2 Å². The lowest BCUT2D eigenvalue weighted by atomic mass is 9.97. The van der Waals surface area contributed by atoms with Crippen LogP contribution in [0.2, 0.25) is 5.02 Å². The Bertz CT molecular complexity index is 402. The first-order valence-corrected chi connectivity index (χ1v) is 7.71. The second-order valence-corrected chi connectivity index (χ2v) is 5.95. The molecule has 106 valence electrons. The zero-order valence-corrected chi connectivity index (χ0v) is 12.7. The molecule has 1 saturated heterocycles. The van der Waals surface area contributed by atoms with Crippen molar-refractivity contribution in [1.29, 1.82) is 0 Å². The Morgan fingerprint density at radius 3 is 3.00 bits per heavy atom. The van der Waals surface area contributed by atoms with Crippen LogP contribution in [0.4, 0.5) is 0 Å². The third kappa shape index (κ3) is 4.12. The van der Waals surface area contributed by atoms with Gasteiger partial charge in [0.15, 0.2) is 0 Å². The van der Waals surface area contributed by atoms with E-state index in [4.69, 9.17) is 16.3 Å². The number of benzene rings is 1. The zero-order chi connectivity index (χ0) is 13.7. The molecule has 2 rings (SSSR count). The van der Waals surface area contributed by atoms with Gasteiger partial charge < -0.3 is 10.1 Å². The molecule has 1 fully saturated rings. The summed E-state index contributed by atoms with van der Waals surface area (Å²) in [6, 6.07) is 5.98. The Hall–Kier alpha value is -0.730. The summed E-state index contributed by atoms with van der Waals surface area (Å²) >= 11 is 6.10. The average molecular weight is 282 g/mol. The first-order chi connectivity index (χ1) is 9.20. The number of ether oxygens (including phenoxy) is 1. The third-order valence-corrected chi connectivity index (χ3v) is 4.22. The summed E-state index contributed by atoms with van der Waals surface area (Å²) in [6.07, 6.45) is 3.62. The first-order valence-electron chi connectivity index (χ1n) is 7.33. The quantitative estimate of drug-likeness (QED) is 0.872. The molecule has 19 heavy (non-hydrogen) atoms. The van der Waals surface area contributed by atoms with E-state index in [9.17, 15) is 0 Å². The Balaban J connectivity index is 2.02. The van der Waals surface area contributed by atoms with Crippen molar-refractivity contribution in [3.05, 3.63) is 28.8 Å². The van der Waals surface area contributed by atoms with E-state index in [1.54, 1.807) is 0 Å². The third-order valence-electron chi connectivity index (χ3n) is 3.99. The second-order valence-electron chi connectivity index (χ2n) is 5.51. The van der Waals surface area contributed by atoms with Gasteiger partial charge in [0.25, 0.3) is 0 Å². The monoisotopic (exact) mass is 281 g/mol. The van der Waals surface area contributed by atoms with Gasteiger partial charge in [0.2, 0.25) is 0 Å². The molecule has 2 atom stereocenters. The van der Waals surface area contributed by atoms with Gasteiger partial charge in [0.1, 0.15) is 5.75 Å². The number of hydrogen-bond donors (Lipinski definition) is 1. The maximum atomic E-state index is 6.10. The van der Waals surface area contributed by atoms with Gasteiger partial charge in [0.05, 0.1) is 6.61 Å². The molecule has 0 amide bonds. The standard InChI is InChI=1S/C16H24ClNO/c1-3-12(2)15-9-14(17)6-7-16(15)19-11-13-5-4-8-18-10-13/h6-7,9,12-13,18H,3-5,8,10-11H2,1-2H3/t12-,13+/m1/s1. The van der Waals surface area contributed by atoms with E-state index in [2.05, 4.69) is 19.2 Å². The van der Waals surface area contributed by atoms with Crippen LogP contribution < -0.4 is 10.1 Å². The van der Waals surface area contributed by atoms with Crippen molar-refractivity contribution >= 4 is 11.6 Å². The minimum atomic E-state index is 0.484. The van der Waals surface area contributed by atoms with Crippen LogP contribution in [0.5, 0.6) is 5.75 Å². The van der Waals surface area contributed by atoms with Crippen LogP contribution >= 0.6 is 11.6 Å². The summed E-state index contributed by atoms with van der Waals surface area (Å²) in [6.45, 7) is 7.45. The molecule has 0 aromatic heterocycles. The number of rotatable bonds is 5. The van der Waals surface area contributed by atoms with E-state index in [0.29, 0.717) is 11.8 Å². The van der Waals surface area contributed by atoms with Gasteiger partial charge >= 0.3 is 0 Å². The molecule has 2 nitrogen and oxygen atoms in total. The van der Waals surface area contributed by atoms with Gasteiger partial charge in [-0.05, 0) is 55.5 Å². The minimum absolute atomic E-state index is 0.484. The van der Waals surface area contributed by atoms with Gasteiger partial charge in [-0.25, -0.2) is 0 Å². The van der Waals surface area contributed by atoms with Crippen molar-refractivity contribution in [2.75, 3.05) is 19.7 Å². The summed E-state index contributed by atoms with van der Waals surface area (Å²) in [7, 11) is 0. The van der Waals surface area contributed by atoms with Crippen LogP contribution in [0.25, 0.3) is 0 Å². The molecule has 0 unspecified atom stereocenters. The highest BCUT2D eigenvalue weighted by molar-refractivity contribution is 6.30. The SMILES string of the molecule is CC[C@@H](C)c1cc(Cl)ccc1OC[C@H]1CCCNC1. The fraction of sp³-hybridized carbons (Fsp3) is 0.625. The molecule has 0 bridgehead atoms. The van der Waals surface area contributed by atoms with Crippen LogP contribution in [-0.4, -0.2) is 19.7 Å². The van der Waals surface area contributed by atoms with Crippen LogP contribution in [0.1, 0.15) is 44.6 Å². The highest BCUT2D eigenvalue weighted by atomic mass is 35.5. The molecule has 1 heterocycles. The van der Waals surface area contributed by atoms with E-state index in [1.165, 1.54) is 18.4 Å². The van der Waals surface area contributed by atoms with E-state index in [-0.39, 0.29) is 0 Å². The minimum Gasteiger partial charge on any atom is -0.493 e. The smallest absolute Gasteiger partial charge is 0.122 e. The Morgan fingerprint density at radius 1 is 1.47 bits per heavy atom. The molecule has 1 aliphatic rings. The van der Waals surface area contributed by atoms with E-state index >= 15 is 0 Å². The van der Waals surface area contributed by atoms with Crippen LogP contribution in [-0.2, 0) is 0 Å². The number of halogens is 1. The lowest BCUT2D eigenvalue weighted by Gasteiger charge is -2.24. The molecular formula is C16H24ClNO. The van der Waals surface area contributed by atoms with Crippen molar-refractivity contribution in [2.45, 2.75) is 39.0 Å². The molecule has 0 aliphatic carbocycles. The average Bonchev–Trinajstić information content (AvgIpc) is 2.46. The Labute approximate surface area is 121 Å². The van der Waals surface area contributed by atoms with Crippen molar-refractivity contribution < 1.29 is 4.74 Å². The Kier molecular flexibility index (Phi) is 5.53. The summed E-state index contributed by atoms with van der Waals surface area (Å²) in [5.74, 6) is 2.12. The van der Waals surface area contributed by atoms with Gasteiger partial charge in [-0.3, -0.25) is 0 Å². The largest absolute Gasteiger partial charge is 0.493 e. The number of piperidine rings is 1. The predicted octanol–water partition coefficient (Wildman–Crippen LogP) is 4.23. The molecule has 0 spiro atoms. The van der Waals surface area contributed by atoms with E-state index < -0.39 is 0 Å². The maximum absolute atomic E-state index is 6.10. The molecule has 0 radical (unpaired) electrons. The summed E-state index contributed by atoms with van der Waals surface area (Å²) in [5.41, 5.74) is 1.23. The number of hydrogen-bond acceptors (Lipinski definition) is 2. The molecule has 3 heteroatoms. The lowest BCUT2D eigenvalue weighted by Crippen LogP contribution is -2.33. The zero-order valence-electron chi connectivity index (χ0n) is 11.9. The molecule has 1 aliphatic heterocycles. The van der Waals surface area contributed by atoms with Gasteiger partial charge in [0, 0.05) is 17.5 Å². The van der Waals surface area contributed by atoms with Crippen LogP contribution in [0, 0.1) is 5.92 Å². The van der Waals surface area contributed by atoms with Gasteiger partial charge in [-0.15, -0.1) is 0 Å². The highest BCUT2D eigenvalue weighted by Crippen LogP contribution is 2.31. The van der Waals surface area contributed by atoms with Gasteiger partial charge in [-0.1, -0.05) is 25.4 Å². The first kappa shape index (κ1) is 14.7. The second kappa shape index (κ2) is 7.16. The predicted molar refractivity (Wildman–Crippen MR) is 81.2 cm³/mol. The fourth-order valence-corrected chi connectivity index (χ4v) is 2.71. The molecular weight excluding hydrogens is 258 g/mol. The Morgan fingerprint density at radius 2 is 2.32 bits per heavy atom. The van der Waals surface area contributed by atoms with Crippen molar-refractivity contribution in [3.8, 4) is 5.75 Å². The van der Waals surface area contributed by atoms with Crippen molar-refractivity contribution in [2.24, 2.45) is 5.92 Å². The molecule has 1 aromatic rings. The topological polar surface area (TPSA) is 21.3 Å². The van der Waals surface area contributed by atoms with Crippen molar-refractivity contribution in [1.82, 2.24) is 5.32 Å². The summed E-state index contributed by atoms with van der Waals surface area (Å²) in [4.78, 5) is 0. The molecule has 1 aromatic carbocycles. The normalized spacial score (nSPS) is 21.1. The van der Waals surface area contributed by atoms with Gasteiger partial charge in [-0.2, -0.15) is 0 Å². The van der Waals surface area contributed by atoms with E-state index in [0.717, 1.165) is 36.9 Å². The summed E-state index contributed by atoms with van der Waals surface area (Å²) < 4.78 is 6.06. The highest BCUT2D eigenvalue weighted by Gasteiger charge is 2.16. The summed E-state index contributed by atoms with van der Waals surface area (Å²) in [5, 5.41) is 4.22. The maximum Gasteiger partial charge on any atom is 0.122 e. The fourth-order valence-electron chi connectivity index (χ4n) is 2.53. The number of nitrogens with one attached hydrogen (secondary N) is 1. The lowest BCUT2D eigenvalue weighted by molar-refractivity contribution is 0.216. The molecule has 1 N–H and O–H groups in total. The van der Waals surface area contributed by atoms with Crippen molar-refractivity contribution in [3.63, 3.8) is 0 Å². The molecule has 0 saturated carbocycles. The van der Waals surface area contributed by atoms with E-state index in [1.807, 2.05) is 18.2 Å². The van der Waals surface area contributed by atoms with Crippen LogP contribution in [0.3, 0.4) is 0 Å².